The van der Waals surface area contributed by atoms with Gasteiger partial charge in [-0.05, 0) is 141 Å². The van der Waals surface area contributed by atoms with Crippen molar-refractivity contribution in [3.8, 4) is 0 Å². The van der Waals surface area contributed by atoms with Crippen LogP contribution in [-0.2, 0) is 32.7 Å². The van der Waals surface area contributed by atoms with Crippen molar-refractivity contribution in [2.45, 2.75) is 251 Å². The van der Waals surface area contributed by atoms with E-state index in [0.717, 1.165) is 128 Å². The van der Waals surface area contributed by atoms with E-state index in [1.807, 2.05) is 21.1 Å². The van der Waals surface area contributed by atoms with Gasteiger partial charge in [0.2, 0.25) is 0 Å². The van der Waals surface area contributed by atoms with Crippen molar-refractivity contribution in [1.82, 2.24) is 0 Å². The summed E-state index contributed by atoms with van der Waals surface area (Å²) < 4.78 is 34.2. The summed E-state index contributed by atoms with van der Waals surface area (Å²) in [5, 5.41) is 0. The molecular weight excluding hydrogens is 1110 g/mol. The highest BCUT2D eigenvalue weighted by atomic mass is 31.2. The summed E-state index contributed by atoms with van der Waals surface area (Å²) in [6.45, 7) is 4.04. The molecule has 2 atom stereocenters. The Hall–Kier alpha value is -4.89. The van der Waals surface area contributed by atoms with Crippen LogP contribution in [0.15, 0.2) is 182 Å². The fourth-order valence-electron chi connectivity index (χ4n) is 8.64. The van der Waals surface area contributed by atoms with Gasteiger partial charge in [-0.2, -0.15) is 0 Å². The van der Waals surface area contributed by atoms with Gasteiger partial charge in [0.25, 0.3) is 7.82 Å². The predicted molar refractivity (Wildman–Crippen MR) is 378 cm³/mol. The monoisotopic (exact) mass is 1240 g/mol. The number of phosphoric ester groups is 1. The zero-order valence-electron chi connectivity index (χ0n) is 56.3. The van der Waals surface area contributed by atoms with Crippen LogP contribution < -0.4 is 4.89 Å². The summed E-state index contributed by atoms with van der Waals surface area (Å²) in [7, 11) is 1.11. The van der Waals surface area contributed by atoms with E-state index in [-0.39, 0.29) is 26.1 Å². The summed E-state index contributed by atoms with van der Waals surface area (Å²) >= 11 is 0. The second-order valence-electron chi connectivity index (χ2n) is 23.5. The van der Waals surface area contributed by atoms with Gasteiger partial charge < -0.3 is 27.9 Å². The van der Waals surface area contributed by atoms with E-state index in [4.69, 9.17) is 18.5 Å². The van der Waals surface area contributed by atoms with E-state index < -0.39 is 32.5 Å². The highest BCUT2D eigenvalue weighted by molar-refractivity contribution is 7.45. The third-order valence-electron chi connectivity index (χ3n) is 13.9. The molecule has 496 valence electrons. The molecular formula is C78H126NO8P. The van der Waals surface area contributed by atoms with E-state index in [1.54, 1.807) is 0 Å². The highest BCUT2D eigenvalue weighted by Gasteiger charge is 2.22. The Balaban J connectivity index is 4.24. The number of quaternary nitrogens is 1. The largest absolute Gasteiger partial charge is 0.756 e. The number of ether oxygens (including phenoxy) is 2. The van der Waals surface area contributed by atoms with Crippen LogP contribution in [0.2, 0.25) is 0 Å². The average molecular weight is 1240 g/mol. The Bertz CT molecular complexity index is 2140. The Morgan fingerprint density at radius 1 is 0.364 bits per heavy atom. The number of hydrogen-bond donors (Lipinski definition) is 0. The number of carbonyl (C=O) groups excluding carboxylic acids is 2. The Kier molecular flexibility index (Phi) is 62.8. The molecule has 0 aromatic carbocycles. The van der Waals surface area contributed by atoms with Gasteiger partial charge in [0, 0.05) is 12.8 Å². The lowest BCUT2D eigenvalue weighted by atomic mass is 10.1. The van der Waals surface area contributed by atoms with Gasteiger partial charge in [0.1, 0.15) is 19.8 Å². The number of phosphoric acid groups is 1. The zero-order valence-corrected chi connectivity index (χ0v) is 57.2. The number of likely N-dealkylation sites (N-methyl/N-ethyl adjacent to an activating group) is 1. The molecule has 0 aromatic rings. The number of unbranched alkanes of at least 4 members (excludes halogenated alkanes) is 17. The smallest absolute Gasteiger partial charge is 0.306 e. The van der Waals surface area contributed by atoms with Crippen LogP contribution in [0.5, 0.6) is 0 Å². The van der Waals surface area contributed by atoms with Crippen LogP contribution in [0.3, 0.4) is 0 Å². The van der Waals surface area contributed by atoms with E-state index in [2.05, 4.69) is 196 Å². The van der Waals surface area contributed by atoms with Crippen molar-refractivity contribution in [2.75, 3.05) is 47.5 Å². The Morgan fingerprint density at radius 3 is 0.989 bits per heavy atom. The SMILES string of the molecule is CC/C=C\C/C=C\C/C=C\C/C=C\C/C=C\C/C=C\C/C=C\C/C=C\C/C=C\C/C=C\C/C=C\C/C=C\CCCCC(=O)OC(COC(=O)CCCCCCCCCCCC/C=C\C/C=C\C/C=C\CCCCCCC)COP(=O)([O-])OCC[N+](C)(C)C. The first kappa shape index (κ1) is 83.1. The van der Waals surface area contributed by atoms with Gasteiger partial charge in [-0.15, -0.1) is 0 Å². The Labute approximate surface area is 540 Å². The van der Waals surface area contributed by atoms with Gasteiger partial charge in [0.15, 0.2) is 6.10 Å². The summed E-state index contributed by atoms with van der Waals surface area (Å²) in [6.07, 6.45) is 103. The number of hydrogen-bond acceptors (Lipinski definition) is 8. The first-order valence-electron chi connectivity index (χ1n) is 34.5. The lowest BCUT2D eigenvalue weighted by Crippen LogP contribution is -2.37. The maximum Gasteiger partial charge on any atom is 0.306 e. The molecule has 0 aliphatic carbocycles. The third kappa shape index (κ3) is 70.2. The van der Waals surface area contributed by atoms with Crippen LogP contribution in [0.25, 0.3) is 0 Å². The molecule has 0 radical (unpaired) electrons. The number of allylic oxidation sites excluding steroid dienone is 30. The summed E-state index contributed by atoms with van der Waals surface area (Å²) in [5.41, 5.74) is 0. The van der Waals surface area contributed by atoms with Crippen molar-refractivity contribution in [1.29, 1.82) is 0 Å². The standard InChI is InChI=1S/C78H126NO8P/c1-6-8-10-12-14-16-18-20-22-24-26-28-30-32-33-34-35-36-37-38-39-40-41-42-43-44-45-47-49-51-53-55-57-59-61-63-65-67-69-71-78(81)87-76(75-86-88(82,83)85-73-72-79(3,4)5)74-84-77(80)70-68-66-64-62-60-58-56-54-52-50-48-46-31-29-27-25-23-21-19-17-15-13-11-9-7-2/h8,10,14,16,19-22,25-28,31-33,35-36,38-39,41-42,44-46,49,51,55,57,61,63,76H,6-7,9,11-13,15,17-18,23-24,29-30,34,37,40,43,47-48,50,52-54,56,58-60,62,64-75H2,1-5H3/b10-8-,16-14-,21-19-,22-20-,27-25-,28-26-,33-32-,36-35-,39-38-,42-41-,45-44-,46-31-,51-49-,57-55-,63-61-. The van der Waals surface area contributed by atoms with Crippen LogP contribution in [0.1, 0.15) is 245 Å². The van der Waals surface area contributed by atoms with E-state index >= 15 is 0 Å². The fourth-order valence-corrected chi connectivity index (χ4v) is 9.37. The first-order chi connectivity index (χ1) is 43.0. The molecule has 2 unspecified atom stereocenters. The average Bonchev–Trinajstić information content (AvgIpc) is 3.68. The normalized spacial score (nSPS) is 14.3. The predicted octanol–water partition coefficient (Wildman–Crippen LogP) is 22.1. The van der Waals surface area contributed by atoms with Gasteiger partial charge in [-0.1, -0.05) is 273 Å². The molecule has 0 aromatic heterocycles. The minimum atomic E-state index is -4.67. The molecule has 0 aliphatic heterocycles. The third-order valence-corrected chi connectivity index (χ3v) is 14.9. The second kappa shape index (κ2) is 66.5. The lowest BCUT2D eigenvalue weighted by Gasteiger charge is -2.28. The molecule has 0 aliphatic rings. The molecule has 0 heterocycles. The number of carbonyl (C=O) groups is 2. The van der Waals surface area contributed by atoms with Gasteiger partial charge in [-0.3, -0.25) is 14.2 Å². The lowest BCUT2D eigenvalue weighted by molar-refractivity contribution is -0.870. The topological polar surface area (TPSA) is 111 Å². The molecule has 0 saturated heterocycles. The van der Waals surface area contributed by atoms with Crippen LogP contribution >= 0.6 is 7.82 Å². The minimum Gasteiger partial charge on any atom is -0.756 e. The number of rotatable bonds is 61. The molecule has 9 nitrogen and oxygen atoms in total. The van der Waals surface area contributed by atoms with E-state index in [0.29, 0.717) is 23.9 Å². The number of esters is 2. The van der Waals surface area contributed by atoms with Crippen LogP contribution in [-0.4, -0.2) is 70.0 Å². The molecule has 88 heavy (non-hydrogen) atoms. The summed E-state index contributed by atoms with van der Waals surface area (Å²) in [5.74, 6) is -0.901. The molecule has 0 fully saturated rings. The van der Waals surface area contributed by atoms with Gasteiger partial charge in [-0.25, -0.2) is 0 Å². The number of nitrogens with zero attached hydrogens (tertiary/aromatic N) is 1. The van der Waals surface area contributed by atoms with E-state index in [9.17, 15) is 19.0 Å². The van der Waals surface area contributed by atoms with Crippen molar-refractivity contribution >= 4 is 19.8 Å². The fraction of sp³-hybridized carbons (Fsp3) is 0.590. The van der Waals surface area contributed by atoms with Gasteiger partial charge >= 0.3 is 11.9 Å². The molecule has 0 amide bonds. The van der Waals surface area contributed by atoms with Crippen molar-refractivity contribution in [3.05, 3.63) is 182 Å². The van der Waals surface area contributed by atoms with Crippen molar-refractivity contribution in [2.24, 2.45) is 0 Å². The summed E-state index contributed by atoms with van der Waals surface area (Å²) in [6, 6.07) is 0. The van der Waals surface area contributed by atoms with Crippen LogP contribution in [0.4, 0.5) is 0 Å². The molecule has 0 saturated carbocycles. The maximum absolute atomic E-state index is 12.8. The molecule has 0 spiro atoms. The minimum absolute atomic E-state index is 0.0502. The second-order valence-corrected chi connectivity index (χ2v) is 24.9. The quantitative estimate of drug-likeness (QED) is 0.0195. The Morgan fingerprint density at radius 2 is 0.648 bits per heavy atom. The maximum atomic E-state index is 12.8. The molecule has 0 rings (SSSR count). The first-order valence-corrected chi connectivity index (χ1v) is 36.0. The van der Waals surface area contributed by atoms with Crippen molar-refractivity contribution in [3.63, 3.8) is 0 Å². The van der Waals surface area contributed by atoms with Gasteiger partial charge in [0.05, 0.1) is 27.7 Å². The van der Waals surface area contributed by atoms with E-state index in [1.165, 1.54) is 77.0 Å². The zero-order chi connectivity index (χ0) is 64.1. The molecule has 0 N–H and O–H groups in total. The van der Waals surface area contributed by atoms with Crippen LogP contribution in [0, 0.1) is 0 Å². The molecule has 0 bridgehead atoms. The highest BCUT2D eigenvalue weighted by Crippen LogP contribution is 2.38. The summed E-state index contributed by atoms with van der Waals surface area (Å²) in [4.78, 5) is 38.0. The van der Waals surface area contributed by atoms with Crippen molar-refractivity contribution < 1.29 is 42.1 Å². The molecule has 10 heteroatoms.